The molecule has 23 heavy (non-hydrogen) atoms. The molecule has 0 spiro atoms. The number of rotatable bonds is 7. The highest BCUT2D eigenvalue weighted by Gasteiger charge is 2.40. The van der Waals surface area contributed by atoms with Crippen molar-refractivity contribution in [3.63, 3.8) is 0 Å². The summed E-state index contributed by atoms with van der Waals surface area (Å²) in [6.07, 6.45) is 1.40. The smallest absolute Gasteiger partial charge is 0.410 e. The molecule has 1 saturated heterocycles. The van der Waals surface area contributed by atoms with E-state index in [1.807, 2.05) is 20.8 Å². The van der Waals surface area contributed by atoms with E-state index < -0.39 is 5.60 Å². The first-order valence-corrected chi connectivity index (χ1v) is 9.47. The highest BCUT2D eigenvalue weighted by molar-refractivity contribution is 14.1. The minimum atomic E-state index is -0.489. The molecule has 1 unspecified atom stereocenters. The van der Waals surface area contributed by atoms with E-state index >= 15 is 0 Å². The number of hydrogen-bond acceptors (Lipinski definition) is 5. The number of amides is 1. The summed E-state index contributed by atoms with van der Waals surface area (Å²) in [6.45, 7) is 7.82. The Labute approximate surface area is 153 Å². The minimum absolute atomic E-state index is 0.140. The number of likely N-dealkylation sites (tertiary alicyclic amines) is 1. The maximum Gasteiger partial charge on any atom is 0.410 e. The molecule has 0 aliphatic carbocycles. The molecule has 0 radical (unpaired) electrons. The van der Waals surface area contributed by atoms with Crippen LogP contribution in [-0.4, -0.2) is 73.2 Å². The molecular formula is C16H30INO5. The summed E-state index contributed by atoms with van der Waals surface area (Å²) in [5, 5.41) is 0. The van der Waals surface area contributed by atoms with Gasteiger partial charge < -0.3 is 23.8 Å². The van der Waals surface area contributed by atoms with Gasteiger partial charge in [0, 0.05) is 25.2 Å². The van der Waals surface area contributed by atoms with Gasteiger partial charge in [0.15, 0.2) is 0 Å². The quantitative estimate of drug-likeness (QED) is 0.448. The lowest BCUT2D eigenvalue weighted by Gasteiger charge is -2.43. The summed E-state index contributed by atoms with van der Waals surface area (Å²) < 4.78 is 23.0. The van der Waals surface area contributed by atoms with E-state index in [4.69, 9.17) is 18.9 Å². The van der Waals surface area contributed by atoms with Crippen LogP contribution in [0.1, 0.15) is 33.6 Å². The topological polar surface area (TPSA) is 57.2 Å². The average molecular weight is 443 g/mol. The molecule has 6 nitrogen and oxygen atoms in total. The second-order valence-electron chi connectivity index (χ2n) is 6.97. The molecule has 1 amide bonds. The van der Waals surface area contributed by atoms with Crippen molar-refractivity contribution in [1.82, 2.24) is 4.90 Å². The normalized spacial score (nSPS) is 22.5. The molecule has 1 aliphatic heterocycles. The Morgan fingerprint density at radius 3 is 2.35 bits per heavy atom. The fraction of sp³-hybridized carbons (Fsp3) is 0.938. The maximum absolute atomic E-state index is 12.4. The van der Waals surface area contributed by atoms with Crippen LogP contribution in [0.4, 0.5) is 4.79 Å². The fourth-order valence-corrected chi connectivity index (χ4v) is 3.46. The zero-order valence-electron chi connectivity index (χ0n) is 14.9. The van der Waals surface area contributed by atoms with Crippen molar-refractivity contribution < 1.29 is 23.7 Å². The maximum atomic E-state index is 12.4. The van der Waals surface area contributed by atoms with Crippen LogP contribution in [0, 0.1) is 0 Å². The first-order chi connectivity index (χ1) is 10.7. The number of ether oxygens (including phenoxy) is 4. The summed E-state index contributed by atoms with van der Waals surface area (Å²) in [5.74, 6) is 0. The predicted molar refractivity (Wildman–Crippen MR) is 97.3 cm³/mol. The lowest BCUT2D eigenvalue weighted by Crippen LogP contribution is -2.55. The van der Waals surface area contributed by atoms with Crippen molar-refractivity contribution in [2.24, 2.45) is 0 Å². The van der Waals surface area contributed by atoms with E-state index in [1.54, 1.807) is 19.1 Å². The van der Waals surface area contributed by atoms with E-state index in [2.05, 4.69) is 22.6 Å². The molecule has 0 aromatic heterocycles. The number of hydrogen-bond donors (Lipinski definition) is 0. The minimum Gasteiger partial charge on any atom is -0.444 e. The van der Waals surface area contributed by atoms with Crippen molar-refractivity contribution in [1.29, 1.82) is 0 Å². The zero-order valence-corrected chi connectivity index (χ0v) is 17.1. The molecule has 0 aromatic carbocycles. The highest BCUT2D eigenvalue weighted by Crippen LogP contribution is 2.30. The third-order valence-electron chi connectivity index (χ3n) is 3.56. The Kier molecular flexibility index (Phi) is 8.54. The average Bonchev–Trinajstić information content (AvgIpc) is 2.46. The number of carbonyl (C=O) groups excluding carboxylic acids is 1. The first kappa shape index (κ1) is 20.9. The largest absolute Gasteiger partial charge is 0.444 e. The molecule has 1 atom stereocenters. The fourth-order valence-electron chi connectivity index (χ4n) is 2.66. The van der Waals surface area contributed by atoms with Gasteiger partial charge in [-0.25, -0.2) is 4.79 Å². The molecule has 1 aliphatic rings. The van der Waals surface area contributed by atoms with Crippen LogP contribution in [0.25, 0.3) is 0 Å². The van der Waals surface area contributed by atoms with Gasteiger partial charge in [-0.1, -0.05) is 22.6 Å². The molecule has 136 valence electrons. The molecule has 1 fully saturated rings. The summed E-state index contributed by atoms with van der Waals surface area (Å²) >= 11 is 2.33. The van der Waals surface area contributed by atoms with Crippen molar-refractivity contribution in [3.8, 4) is 0 Å². The molecular weight excluding hydrogens is 413 g/mol. The Hall–Kier alpha value is -0.120. The Bertz CT molecular complexity index is 368. The number of piperidine rings is 1. The van der Waals surface area contributed by atoms with E-state index in [0.717, 1.165) is 17.3 Å². The van der Waals surface area contributed by atoms with Crippen LogP contribution in [-0.2, 0) is 18.9 Å². The third-order valence-corrected chi connectivity index (χ3v) is 4.95. The predicted octanol–water partition coefficient (Wildman–Crippen LogP) is 2.87. The van der Waals surface area contributed by atoms with Gasteiger partial charge in [-0.3, -0.25) is 0 Å². The van der Waals surface area contributed by atoms with Crippen LogP contribution in [0.3, 0.4) is 0 Å². The van der Waals surface area contributed by atoms with Crippen LogP contribution in [0.2, 0.25) is 0 Å². The van der Waals surface area contributed by atoms with Gasteiger partial charge in [0.05, 0.1) is 25.4 Å². The van der Waals surface area contributed by atoms with E-state index in [1.165, 1.54) is 0 Å². The van der Waals surface area contributed by atoms with E-state index in [-0.39, 0.29) is 17.8 Å². The van der Waals surface area contributed by atoms with Crippen LogP contribution < -0.4 is 0 Å². The van der Waals surface area contributed by atoms with Gasteiger partial charge in [0.1, 0.15) is 11.7 Å². The molecule has 0 aromatic rings. The van der Waals surface area contributed by atoms with E-state index in [0.29, 0.717) is 26.3 Å². The summed E-state index contributed by atoms with van der Waals surface area (Å²) in [5.41, 5.74) is -0.867. The van der Waals surface area contributed by atoms with Crippen molar-refractivity contribution in [2.45, 2.75) is 50.9 Å². The molecule has 7 heteroatoms. The van der Waals surface area contributed by atoms with Gasteiger partial charge in [0.2, 0.25) is 0 Å². The number of carbonyl (C=O) groups is 1. The van der Waals surface area contributed by atoms with Gasteiger partial charge in [0.25, 0.3) is 0 Å². The highest BCUT2D eigenvalue weighted by atomic mass is 127. The lowest BCUT2D eigenvalue weighted by molar-refractivity contribution is -0.143. The number of methoxy groups -OCH3 is 2. The standard InChI is InChI=1S/C16H30INO5/c1-15(2,3)23-14(19)18-8-6-7-16(11-17,12-18)22-13(9-20-4)10-21-5/h13H,6-12H2,1-5H3. The van der Waals surface area contributed by atoms with E-state index in [9.17, 15) is 4.79 Å². The number of alkyl halides is 1. The molecule has 0 bridgehead atoms. The SMILES string of the molecule is COCC(COC)OC1(CI)CCCN(C(=O)OC(C)(C)C)C1. The van der Waals surface area contributed by atoms with Crippen molar-refractivity contribution in [3.05, 3.63) is 0 Å². The second kappa shape index (κ2) is 9.39. The Morgan fingerprint density at radius 1 is 1.26 bits per heavy atom. The lowest BCUT2D eigenvalue weighted by atomic mass is 9.94. The van der Waals surface area contributed by atoms with Crippen molar-refractivity contribution >= 4 is 28.7 Å². The summed E-state index contributed by atoms with van der Waals surface area (Å²) in [4.78, 5) is 14.1. The summed E-state index contributed by atoms with van der Waals surface area (Å²) in [6, 6.07) is 0. The summed E-state index contributed by atoms with van der Waals surface area (Å²) in [7, 11) is 3.30. The third kappa shape index (κ3) is 7.11. The zero-order chi connectivity index (χ0) is 17.5. The van der Waals surface area contributed by atoms with Gasteiger partial charge in [-0.05, 0) is 33.6 Å². The van der Waals surface area contributed by atoms with Gasteiger partial charge in [-0.2, -0.15) is 0 Å². The van der Waals surface area contributed by atoms with Crippen molar-refractivity contribution in [2.75, 3.05) is 45.0 Å². The van der Waals surface area contributed by atoms with Gasteiger partial charge in [-0.15, -0.1) is 0 Å². The monoisotopic (exact) mass is 443 g/mol. The molecule has 1 rings (SSSR count). The van der Waals surface area contributed by atoms with Gasteiger partial charge >= 0.3 is 6.09 Å². The molecule has 0 saturated carbocycles. The molecule has 1 heterocycles. The first-order valence-electron chi connectivity index (χ1n) is 7.95. The van der Waals surface area contributed by atoms with Crippen LogP contribution >= 0.6 is 22.6 Å². The van der Waals surface area contributed by atoms with Crippen LogP contribution in [0.5, 0.6) is 0 Å². The van der Waals surface area contributed by atoms with Crippen LogP contribution in [0.15, 0.2) is 0 Å². The number of halogens is 1. The second-order valence-corrected chi connectivity index (χ2v) is 7.74. The Balaban J connectivity index is 2.75. The molecule has 0 N–H and O–H groups in total. The Morgan fingerprint density at radius 2 is 1.87 bits per heavy atom. The number of nitrogens with zero attached hydrogens (tertiary/aromatic N) is 1.